The number of H-pyrrole nitrogens is 1. The van der Waals surface area contributed by atoms with E-state index in [1.165, 1.54) is 24.7 Å². The van der Waals surface area contributed by atoms with Crippen molar-refractivity contribution >= 4 is 30.6 Å². The average molecular weight is 604 g/mol. The zero-order chi connectivity index (χ0) is 30.1. The van der Waals surface area contributed by atoms with Crippen LogP contribution >= 0.6 is 7.75 Å². The Morgan fingerprint density at radius 1 is 1.33 bits per heavy atom. The van der Waals surface area contributed by atoms with Crippen molar-refractivity contribution < 1.29 is 37.4 Å². The molecule has 0 saturated carbocycles. The Labute approximate surface area is 239 Å². The lowest BCUT2D eigenvalue weighted by Crippen LogP contribution is -2.41. The molecule has 14 nitrogen and oxygen atoms in total. The summed E-state index contributed by atoms with van der Waals surface area (Å²) in [5, 5.41) is 20.8. The number of halogens is 1. The number of anilines is 1. The van der Waals surface area contributed by atoms with Crippen molar-refractivity contribution in [1.82, 2.24) is 29.8 Å². The lowest BCUT2D eigenvalue weighted by Gasteiger charge is -2.25. The highest BCUT2D eigenvalue weighted by atomic mass is 31.2. The number of nitrogens with zero attached hydrogens (tertiary/aromatic N) is 4. The number of aromatic amines is 1. The van der Waals surface area contributed by atoms with Gasteiger partial charge in [0.1, 0.15) is 41.8 Å². The van der Waals surface area contributed by atoms with Gasteiger partial charge in [-0.2, -0.15) is 10.2 Å². The fourth-order valence-electron chi connectivity index (χ4n) is 4.69. The summed E-state index contributed by atoms with van der Waals surface area (Å²) in [4.78, 5) is 20.6. The number of carbonyl (C=O) groups is 1. The number of aromatic nitrogens is 5. The van der Waals surface area contributed by atoms with E-state index in [0.29, 0.717) is 16.6 Å². The molecule has 4 heterocycles. The van der Waals surface area contributed by atoms with Crippen LogP contribution in [0.2, 0.25) is 0 Å². The Morgan fingerprint density at radius 3 is 2.79 bits per heavy atom. The maximum Gasteiger partial charge on any atom is 0.459 e. The molecule has 16 heteroatoms. The number of rotatable bonds is 11. The van der Waals surface area contributed by atoms with E-state index in [-0.39, 0.29) is 23.8 Å². The van der Waals surface area contributed by atoms with E-state index in [0.717, 1.165) is 0 Å². The Morgan fingerprint density at radius 2 is 2.10 bits per heavy atom. The van der Waals surface area contributed by atoms with Crippen molar-refractivity contribution in [3.8, 4) is 17.0 Å². The molecule has 0 bridgehead atoms. The number of hydrogen-bond acceptors (Lipinski definition) is 11. The summed E-state index contributed by atoms with van der Waals surface area (Å²) >= 11 is 0. The second kappa shape index (κ2) is 11.8. The fourth-order valence-corrected chi connectivity index (χ4v) is 6.19. The molecule has 1 aliphatic rings. The Hall–Kier alpha value is -3.88. The van der Waals surface area contributed by atoms with Crippen LogP contribution < -0.4 is 15.3 Å². The fraction of sp³-hybridized carbons (Fsp3) is 0.385. The number of carbonyl (C=O) groups excluding carboxylic acids is 1. The van der Waals surface area contributed by atoms with E-state index in [1.54, 1.807) is 55.7 Å². The highest BCUT2D eigenvalue weighted by molar-refractivity contribution is 7.52. The van der Waals surface area contributed by atoms with Gasteiger partial charge < -0.3 is 29.4 Å². The Kier molecular flexibility index (Phi) is 8.30. The van der Waals surface area contributed by atoms with E-state index >= 15 is 4.39 Å². The van der Waals surface area contributed by atoms with Crippen LogP contribution in [-0.4, -0.2) is 72.9 Å². The maximum atomic E-state index is 16.2. The van der Waals surface area contributed by atoms with Crippen molar-refractivity contribution in [2.75, 3.05) is 18.9 Å². The molecule has 3 aromatic heterocycles. The smallest absolute Gasteiger partial charge is 0.459 e. The molecule has 4 aromatic rings. The molecule has 0 aliphatic carbocycles. The predicted octanol–water partition coefficient (Wildman–Crippen LogP) is 3.14. The molecule has 1 aliphatic heterocycles. The molecule has 0 spiro atoms. The van der Waals surface area contributed by atoms with Crippen molar-refractivity contribution in [2.45, 2.75) is 50.9 Å². The van der Waals surface area contributed by atoms with E-state index in [9.17, 15) is 14.5 Å². The van der Waals surface area contributed by atoms with Crippen molar-refractivity contribution in [2.24, 2.45) is 0 Å². The summed E-state index contributed by atoms with van der Waals surface area (Å²) in [7, 11) is -4.28. The average Bonchev–Trinajstić information content (AvgIpc) is 3.67. The molecule has 0 radical (unpaired) electrons. The van der Waals surface area contributed by atoms with Crippen LogP contribution in [0.25, 0.3) is 22.3 Å². The second-order valence-electron chi connectivity index (χ2n) is 9.80. The summed E-state index contributed by atoms with van der Waals surface area (Å²) in [5.41, 5.74) is 5.18. The third-order valence-electron chi connectivity index (χ3n) is 6.77. The lowest BCUT2D eigenvalue weighted by molar-refractivity contribution is -0.144. The molecule has 5 N–H and O–H groups in total. The minimum atomic E-state index is -4.28. The number of ether oxygens (including phenoxy) is 2. The van der Waals surface area contributed by atoms with Gasteiger partial charge in [0.05, 0.1) is 24.3 Å². The van der Waals surface area contributed by atoms with E-state index in [2.05, 4.69) is 25.3 Å². The number of aliphatic hydroxyl groups is 1. The number of hydrogen-bond donors (Lipinski definition) is 4. The highest BCUT2D eigenvalue weighted by Gasteiger charge is 2.56. The van der Waals surface area contributed by atoms with Crippen molar-refractivity contribution in [3.63, 3.8) is 0 Å². The van der Waals surface area contributed by atoms with Gasteiger partial charge in [-0.25, -0.2) is 18.9 Å². The largest absolute Gasteiger partial charge is 0.465 e. The number of aliphatic hydroxyl groups excluding tert-OH is 1. The monoisotopic (exact) mass is 603 g/mol. The first-order valence-electron chi connectivity index (χ1n) is 13.1. The van der Waals surface area contributed by atoms with Crippen LogP contribution in [0.4, 0.5) is 10.2 Å². The molecule has 0 amide bonds. The SMILES string of the molecule is CCOC(=O)[C@@H](C)NP(=O)(OC[C@H]1O[C@@H](n2cc(-c3ccn[nH]3)c3c(N)ncnc32)[C@](C)(F)[C@@H]1O)Oc1ccccc1. The normalized spacial score (nSPS) is 24.4. The van der Waals surface area contributed by atoms with Gasteiger partial charge in [0.25, 0.3) is 0 Å². The highest BCUT2D eigenvalue weighted by Crippen LogP contribution is 2.48. The van der Waals surface area contributed by atoms with Gasteiger partial charge in [-0.05, 0) is 39.0 Å². The minimum absolute atomic E-state index is 0.112. The van der Waals surface area contributed by atoms with Gasteiger partial charge in [-0.15, -0.1) is 0 Å². The first-order chi connectivity index (χ1) is 20.0. The van der Waals surface area contributed by atoms with Gasteiger partial charge in [-0.1, -0.05) is 18.2 Å². The third-order valence-corrected chi connectivity index (χ3v) is 8.41. The van der Waals surface area contributed by atoms with Crippen LogP contribution in [0.1, 0.15) is 27.0 Å². The molecule has 5 rings (SSSR count). The van der Waals surface area contributed by atoms with Gasteiger partial charge >= 0.3 is 13.7 Å². The summed E-state index contributed by atoms with van der Waals surface area (Å²) in [6.07, 6.45) is -0.0520. The molecule has 224 valence electrons. The number of nitrogens with two attached hydrogens (primary N) is 1. The summed E-state index contributed by atoms with van der Waals surface area (Å²) in [6.45, 7) is 3.79. The summed E-state index contributed by atoms with van der Waals surface area (Å²) in [5.74, 6) is -0.337. The van der Waals surface area contributed by atoms with Gasteiger partial charge in [0.15, 0.2) is 11.9 Å². The molecule has 1 unspecified atom stereocenters. The molecule has 1 saturated heterocycles. The zero-order valence-electron chi connectivity index (χ0n) is 23.0. The number of para-hydroxylation sites is 1. The Bertz CT molecular complexity index is 1580. The van der Waals surface area contributed by atoms with Crippen molar-refractivity contribution in [1.29, 1.82) is 0 Å². The number of alkyl halides is 1. The van der Waals surface area contributed by atoms with Gasteiger partial charge in [0.2, 0.25) is 0 Å². The van der Waals surface area contributed by atoms with Gasteiger partial charge in [0, 0.05) is 18.0 Å². The van der Waals surface area contributed by atoms with Crippen LogP contribution in [0.5, 0.6) is 5.75 Å². The van der Waals surface area contributed by atoms with Crippen LogP contribution in [0.3, 0.4) is 0 Å². The molecule has 6 atom stereocenters. The molecule has 42 heavy (non-hydrogen) atoms. The predicted molar refractivity (Wildman–Crippen MR) is 149 cm³/mol. The van der Waals surface area contributed by atoms with E-state index in [4.69, 9.17) is 24.3 Å². The molecule has 1 fully saturated rings. The first kappa shape index (κ1) is 29.6. The summed E-state index contributed by atoms with van der Waals surface area (Å²) < 4.78 is 53.6. The lowest BCUT2D eigenvalue weighted by atomic mass is 9.98. The number of nitrogens with one attached hydrogen (secondary N) is 2. The molecular formula is C26H31FN7O7P. The quantitative estimate of drug-likeness (QED) is 0.145. The first-order valence-corrected chi connectivity index (χ1v) is 14.6. The number of benzene rings is 1. The summed E-state index contributed by atoms with van der Waals surface area (Å²) in [6, 6.07) is 8.77. The number of esters is 1. The van der Waals surface area contributed by atoms with Crippen LogP contribution in [0.15, 0.2) is 55.1 Å². The third kappa shape index (κ3) is 5.74. The number of nitrogen functional groups attached to an aromatic ring is 1. The molecular weight excluding hydrogens is 572 g/mol. The topological polar surface area (TPSA) is 189 Å². The van der Waals surface area contributed by atoms with Crippen LogP contribution in [0, 0.1) is 0 Å². The number of fused-ring (bicyclic) bond motifs is 1. The van der Waals surface area contributed by atoms with Crippen LogP contribution in [-0.2, 0) is 23.4 Å². The Balaban J connectivity index is 1.41. The van der Waals surface area contributed by atoms with E-state index in [1.807, 2.05) is 0 Å². The maximum absolute atomic E-state index is 16.2. The van der Waals surface area contributed by atoms with Crippen molar-refractivity contribution in [3.05, 3.63) is 55.1 Å². The van der Waals surface area contributed by atoms with Gasteiger partial charge in [-0.3, -0.25) is 14.4 Å². The minimum Gasteiger partial charge on any atom is -0.465 e. The van der Waals surface area contributed by atoms with E-state index < -0.39 is 50.5 Å². The standard InChI is InChI=1S/C26H31FN7O7P/c1-4-38-24(36)15(2)33-42(37,41-16-8-6-5-7-9-16)39-13-19-21(35)26(3,27)25(40-19)34-12-17(18-10-11-31-32-18)20-22(28)29-14-30-23(20)34/h5-12,14-15,19,21,25,35H,4,13H2,1-3H3,(H,31,32)(H,33,37)(H2,28,29,30)/t15-,19-,21-,25-,26-,42?/m1/s1. The second-order valence-corrected chi connectivity index (χ2v) is 11.5. The molecule has 1 aromatic carbocycles. The zero-order valence-corrected chi connectivity index (χ0v) is 23.9.